The van der Waals surface area contributed by atoms with Crippen LogP contribution in [0.5, 0.6) is 5.75 Å². The summed E-state index contributed by atoms with van der Waals surface area (Å²) < 4.78 is 37.9. The summed E-state index contributed by atoms with van der Waals surface area (Å²) in [6.07, 6.45) is 8.04. The molecule has 0 N–H and O–H groups in total. The van der Waals surface area contributed by atoms with Crippen LogP contribution >= 0.6 is 23.2 Å². The molecule has 0 bridgehead atoms. The van der Waals surface area contributed by atoms with E-state index < -0.39 is 15.9 Å². The fourth-order valence-electron chi connectivity index (χ4n) is 4.36. The second kappa shape index (κ2) is 9.97. The average molecular weight is 547 g/mol. The lowest BCUT2D eigenvalue weighted by atomic mass is 10.1. The van der Waals surface area contributed by atoms with Crippen LogP contribution in [0.25, 0.3) is 22.2 Å². The van der Waals surface area contributed by atoms with Crippen molar-refractivity contribution >= 4 is 43.9 Å². The Kier molecular flexibility index (Phi) is 6.91. The monoisotopic (exact) mass is 546 g/mol. The molecule has 4 aromatic rings. The summed E-state index contributed by atoms with van der Waals surface area (Å²) in [6.45, 7) is 2.55. The van der Waals surface area contributed by atoms with Gasteiger partial charge < -0.3 is 9.47 Å². The first-order chi connectivity index (χ1) is 17.2. The standard InChI is InChI=1S/C25H24Cl2N4O4S/c1-15(24-19(26)13-28-14-20(24)27)35-17-7-8-21-18(11-17)25(30-31(21)23-5-3-4-10-34-23)16-6-9-22(29-12-16)36(2,32)33/h6-9,11-15,23H,3-5,10H2,1-2H3/t15-,23?/m1/s1. The van der Waals surface area contributed by atoms with E-state index in [0.717, 1.165) is 36.4 Å². The Hall–Kier alpha value is -2.72. The minimum atomic E-state index is -3.41. The first-order valence-corrected chi connectivity index (χ1v) is 14.1. The highest BCUT2D eigenvalue weighted by Crippen LogP contribution is 2.37. The van der Waals surface area contributed by atoms with Gasteiger partial charge in [-0.25, -0.2) is 18.1 Å². The second-order valence-electron chi connectivity index (χ2n) is 8.73. The SMILES string of the molecule is C[C@@H](Oc1ccc2c(c1)c(-c1ccc(S(C)(=O)=O)nc1)nn2C1CCCCO1)c1c(Cl)cncc1Cl. The molecular formula is C25H24Cl2N4O4S. The van der Waals surface area contributed by atoms with Gasteiger partial charge in [-0.05, 0) is 56.5 Å². The Labute approximate surface area is 219 Å². The Morgan fingerprint density at radius 1 is 1.11 bits per heavy atom. The number of benzene rings is 1. The van der Waals surface area contributed by atoms with Crippen molar-refractivity contribution in [2.24, 2.45) is 0 Å². The molecule has 1 aliphatic heterocycles. The fourth-order valence-corrected chi connectivity index (χ4v) is 5.59. The second-order valence-corrected chi connectivity index (χ2v) is 11.5. The van der Waals surface area contributed by atoms with Gasteiger partial charge in [0, 0.05) is 48.0 Å². The van der Waals surface area contributed by atoms with Crippen LogP contribution in [-0.4, -0.2) is 41.0 Å². The van der Waals surface area contributed by atoms with Gasteiger partial charge in [0.25, 0.3) is 0 Å². The molecule has 0 saturated carbocycles. The van der Waals surface area contributed by atoms with E-state index in [0.29, 0.717) is 39.2 Å². The summed E-state index contributed by atoms with van der Waals surface area (Å²) in [5.41, 5.74) is 2.88. The van der Waals surface area contributed by atoms with Gasteiger partial charge in [0.2, 0.25) is 0 Å². The lowest BCUT2D eigenvalue weighted by Crippen LogP contribution is -2.19. The number of nitrogens with zero attached hydrogens (tertiary/aromatic N) is 4. The zero-order valence-corrected chi connectivity index (χ0v) is 22.0. The minimum Gasteiger partial charge on any atom is -0.486 e. The van der Waals surface area contributed by atoms with Crippen LogP contribution in [0.15, 0.2) is 53.9 Å². The molecule has 0 spiro atoms. The molecule has 1 fully saturated rings. The van der Waals surface area contributed by atoms with E-state index in [1.165, 1.54) is 24.7 Å². The highest BCUT2D eigenvalue weighted by Gasteiger charge is 2.23. The van der Waals surface area contributed by atoms with Crippen molar-refractivity contribution in [3.63, 3.8) is 0 Å². The summed E-state index contributed by atoms with van der Waals surface area (Å²) in [6, 6.07) is 8.92. The Morgan fingerprint density at radius 3 is 2.53 bits per heavy atom. The zero-order chi connectivity index (χ0) is 25.4. The van der Waals surface area contributed by atoms with Crippen LogP contribution in [0.4, 0.5) is 0 Å². The van der Waals surface area contributed by atoms with Gasteiger partial charge in [-0.3, -0.25) is 4.98 Å². The molecule has 1 aliphatic rings. The molecule has 0 aliphatic carbocycles. The van der Waals surface area contributed by atoms with Crippen molar-refractivity contribution < 1.29 is 17.9 Å². The number of pyridine rings is 2. The minimum absolute atomic E-state index is 0.00885. The largest absolute Gasteiger partial charge is 0.486 e. The topological polar surface area (TPSA) is 96.2 Å². The quantitative estimate of drug-likeness (QED) is 0.290. The number of halogens is 2. The predicted octanol–water partition coefficient (Wildman–Crippen LogP) is 6.04. The van der Waals surface area contributed by atoms with Gasteiger partial charge in [-0.1, -0.05) is 23.2 Å². The lowest BCUT2D eigenvalue weighted by Gasteiger charge is -2.23. The molecule has 0 radical (unpaired) electrons. The molecule has 5 rings (SSSR count). The summed E-state index contributed by atoms with van der Waals surface area (Å²) >= 11 is 12.6. The van der Waals surface area contributed by atoms with Crippen molar-refractivity contribution in [3.8, 4) is 17.0 Å². The van der Waals surface area contributed by atoms with Crippen LogP contribution < -0.4 is 4.74 Å². The summed E-state index contributed by atoms with van der Waals surface area (Å²) in [4.78, 5) is 8.15. The van der Waals surface area contributed by atoms with Crippen molar-refractivity contribution in [2.75, 3.05) is 12.9 Å². The summed E-state index contributed by atoms with van der Waals surface area (Å²) in [5.74, 6) is 0.602. The predicted molar refractivity (Wildman–Crippen MR) is 138 cm³/mol. The first-order valence-electron chi connectivity index (χ1n) is 11.5. The summed E-state index contributed by atoms with van der Waals surface area (Å²) in [7, 11) is -3.41. The van der Waals surface area contributed by atoms with Gasteiger partial charge >= 0.3 is 0 Å². The van der Waals surface area contributed by atoms with E-state index >= 15 is 0 Å². The normalized spacial score (nSPS) is 17.3. The van der Waals surface area contributed by atoms with Gasteiger partial charge in [-0.2, -0.15) is 5.10 Å². The maximum absolute atomic E-state index is 11.9. The Bertz CT molecular complexity index is 1500. The van der Waals surface area contributed by atoms with E-state index in [9.17, 15) is 8.42 Å². The molecule has 4 heterocycles. The average Bonchev–Trinajstić information content (AvgIpc) is 3.23. The van der Waals surface area contributed by atoms with Crippen LogP contribution in [0, 0.1) is 0 Å². The van der Waals surface area contributed by atoms with Crippen molar-refractivity contribution in [2.45, 2.75) is 43.5 Å². The number of hydrogen-bond acceptors (Lipinski definition) is 7. The molecule has 2 atom stereocenters. The van der Waals surface area contributed by atoms with Crippen molar-refractivity contribution in [1.82, 2.24) is 19.7 Å². The third-order valence-corrected chi connectivity index (χ3v) is 7.71. The van der Waals surface area contributed by atoms with E-state index in [2.05, 4.69) is 9.97 Å². The molecule has 3 aromatic heterocycles. The smallest absolute Gasteiger partial charge is 0.192 e. The molecule has 1 aromatic carbocycles. The van der Waals surface area contributed by atoms with Gasteiger partial charge in [-0.15, -0.1) is 0 Å². The molecule has 0 amide bonds. The fraction of sp³-hybridized carbons (Fsp3) is 0.320. The maximum Gasteiger partial charge on any atom is 0.192 e. The van der Waals surface area contributed by atoms with Crippen LogP contribution in [-0.2, 0) is 14.6 Å². The van der Waals surface area contributed by atoms with E-state index in [1.807, 2.05) is 29.8 Å². The van der Waals surface area contributed by atoms with E-state index in [4.69, 9.17) is 37.8 Å². The Morgan fingerprint density at radius 2 is 1.89 bits per heavy atom. The molecule has 8 nitrogen and oxygen atoms in total. The van der Waals surface area contributed by atoms with Gasteiger partial charge in [0.15, 0.2) is 21.1 Å². The van der Waals surface area contributed by atoms with E-state index in [1.54, 1.807) is 6.07 Å². The van der Waals surface area contributed by atoms with Gasteiger partial charge in [0.1, 0.15) is 17.5 Å². The number of rotatable bonds is 6. The zero-order valence-electron chi connectivity index (χ0n) is 19.7. The molecule has 36 heavy (non-hydrogen) atoms. The number of fused-ring (bicyclic) bond motifs is 1. The number of aromatic nitrogens is 4. The van der Waals surface area contributed by atoms with Gasteiger partial charge in [0.05, 0.1) is 15.6 Å². The third-order valence-electron chi connectivity index (χ3n) is 6.11. The Balaban J connectivity index is 1.58. The summed E-state index contributed by atoms with van der Waals surface area (Å²) in [5, 5.41) is 6.57. The third kappa shape index (κ3) is 4.93. The van der Waals surface area contributed by atoms with Crippen LogP contribution in [0.3, 0.4) is 0 Å². The molecule has 1 saturated heterocycles. The highest BCUT2D eigenvalue weighted by atomic mass is 35.5. The molecule has 188 valence electrons. The highest BCUT2D eigenvalue weighted by molar-refractivity contribution is 7.90. The maximum atomic E-state index is 11.9. The molecular weight excluding hydrogens is 523 g/mol. The number of sulfone groups is 1. The van der Waals surface area contributed by atoms with E-state index in [-0.39, 0.29) is 11.3 Å². The number of hydrogen-bond donors (Lipinski definition) is 0. The van der Waals surface area contributed by atoms with Crippen LogP contribution in [0.1, 0.15) is 44.1 Å². The number of ether oxygens (including phenoxy) is 2. The first kappa shape index (κ1) is 25.0. The lowest BCUT2D eigenvalue weighted by molar-refractivity contribution is -0.0365. The van der Waals surface area contributed by atoms with Crippen molar-refractivity contribution in [3.05, 3.63) is 64.5 Å². The molecule has 11 heteroatoms. The molecule has 1 unspecified atom stereocenters. The van der Waals surface area contributed by atoms with Crippen molar-refractivity contribution in [1.29, 1.82) is 0 Å². The van der Waals surface area contributed by atoms with Crippen LogP contribution in [0.2, 0.25) is 10.0 Å².